The van der Waals surface area contributed by atoms with Gasteiger partial charge in [0, 0.05) is 13.1 Å². The number of sulfonamides is 1. The van der Waals surface area contributed by atoms with Crippen LogP contribution < -0.4 is 9.62 Å². The van der Waals surface area contributed by atoms with Gasteiger partial charge in [-0.3, -0.25) is 13.9 Å². The van der Waals surface area contributed by atoms with Crippen molar-refractivity contribution in [1.82, 2.24) is 10.2 Å². The third-order valence-electron chi connectivity index (χ3n) is 5.52. The molecule has 186 valence electrons. The molecule has 34 heavy (non-hydrogen) atoms. The van der Waals surface area contributed by atoms with E-state index in [-0.39, 0.29) is 18.4 Å². The smallest absolute Gasteiger partial charge is 0.244 e. The number of carbonyl (C=O) groups is 2. The van der Waals surface area contributed by atoms with Gasteiger partial charge < -0.3 is 10.2 Å². The molecule has 0 fully saturated rings. The standard InChI is InChI=1S/C26H37N3O4S/c1-6-24(26(31)27-18-20(2)3)28(16-15-22-12-8-7-9-13-22)25(30)19-29(34(5,32)33)23-14-10-11-21(4)17-23/h7-14,17,20,24H,6,15-16,18-19H2,1-5H3,(H,27,31). The molecule has 0 aliphatic carbocycles. The molecule has 0 radical (unpaired) electrons. The first-order valence-corrected chi connectivity index (χ1v) is 13.5. The fourth-order valence-electron chi connectivity index (χ4n) is 3.72. The summed E-state index contributed by atoms with van der Waals surface area (Å²) in [4.78, 5) is 28.1. The van der Waals surface area contributed by atoms with Gasteiger partial charge in [0.15, 0.2) is 0 Å². The number of rotatable bonds is 12. The summed E-state index contributed by atoms with van der Waals surface area (Å²) in [5, 5.41) is 2.92. The molecular formula is C26H37N3O4S. The fraction of sp³-hybridized carbons (Fsp3) is 0.462. The van der Waals surface area contributed by atoms with Crippen LogP contribution in [0.5, 0.6) is 0 Å². The maximum Gasteiger partial charge on any atom is 0.244 e. The van der Waals surface area contributed by atoms with E-state index in [0.717, 1.165) is 21.7 Å². The van der Waals surface area contributed by atoms with Crippen molar-refractivity contribution in [3.05, 3.63) is 65.7 Å². The lowest BCUT2D eigenvalue weighted by atomic mass is 10.1. The Balaban J connectivity index is 2.34. The average molecular weight is 488 g/mol. The van der Waals surface area contributed by atoms with Crippen LogP contribution in [0.2, 0.25) is 0 Å². The Morgan fingerprint density at radius 1 is 1.03 bits per heavy atom. The molecular weight excluding hydrogens is 450 g/mol. The van der Waals surface area contributed by atoms with Crippen LogP contribution >= 0.6 is 0 Å². The van der Waals surface area contributed by atoms with Crippen LogP contribution in [0.4, 0.5) is 5.69 Å². The van der Waals surface area contributed by atoms with Gasteiger partial charge >= 0.3 is 0 Å². The summed E-state index contributed by atoms with van der Waals surface area (Å²) in [6.45, 7) is 8.18. The van der Waals surface area contributed by atoms with Crippen molar-refractivity contribution in [1.29, 1.82) is 0 Å². The number of hydrogen-bond donors (Lipinski definition) is 1. The number of nitrogens with zero attached hydrogens (tertiary/aromatic N) is 2. The van der Waals surface area contributed by atoms with Gasteiger partial charge in [-0.1, -0.05) is 63.2 Å². The fourth-order valence-corrected chi connectivity index (χ4v) is 4.56. The maximum absolute atomic E-state index is 13.6. The lowest BCUT2D eigenvalue weighted by Crippen LogP contribution is -2.53. The summed E-state index contributed by atoms with van der Waals surface area (Å²) in [6, 6.07) is 16.1. The van der Waals surface area contributed by atoms with Crippen LogP contribution in [-0.2, 0) is 26.0 Å². The molecule has 8 heteroatoms. The maximum atomic E-state index is 13.6. The molecule has 2 rings (SSSR count). The zero-order chi connectivity index (χ0) is 25.3. The predicted octanol–water partition coefficient (Wildman–Crippen LogP) is 3.38. The van der Waals surface area contributed by atoms with E-state index in [1.807, 2.05) is 64.1 Å². The Morgan fingerprint density at radius 2 is 1.71 bits per heavy atom. The second kappa shape index (κ2) is 12.6. The minimum atomic E-state index is -3.72. The molecule has 1 N–H and O–H groups in total. The number of benzene rings is 2. The lowest BCUT2D eigenvalue weighted by molar-refractivity contribution is -0.139. The van der Waals surface area contributed by atoms with Gasteiger partial charge in [-0.25, -0.2) is 8.42 Å². The Morgan fingerprint density at radius 3 is 2.26 bits per heavy atom. The summed E-state index contributed by atoms with van der Waals surface area (Å²) >= 11 is 0. The zero-order valence-electron chi connectivity index (χ0n) is 20.8. The van der Waals surface area contributed by atoms with Gasteiger partial charge in [0.05, 0.1) is 11.9 Å². The second-order valence-electron chi connectivity index (χ2n) is 8.99. The molecule has 0 spiro atoms. The highest BCUT2D eigenvalue weighted by Gasteiger charge is 2.31. The molecule has 0 heterocycles. The van der Waals surface area contributed by atoms with Crippen molar-refractivity contribution in [2.45, 2.75) is 46.6 Å². The van der Waals surface area contributed by atoms with Crippen molar-refractivity contribution in [3.8, 4) is 0 Å². The predicted molar refractivity (Wildman–Crippen MR) is 137 cm³/mol. The number of carbonyl (C=O) groups excluding carboxylic acids is 2. The molecule has 1 unspecified atom stereocenters. The molecule has 0 aromatic heterocycles. The Hall–Kier alpha value is -2.87. The summed E-state index contributed by atoms with van der Waals surface area (Å²) in [6.07, 6.45) is 2.07. The Labute approximate surface area is 204 Å². The van der Waals surface area contributed by atoms with E-state index in [2.05, 4.69) is 5.32 Å². The molecule has 7 nitrogen and oxygen atoms in total. The van der Waals surface area contributed by atoms with E-state index < -0.39 is 22.0 Å². The van der Waals surface area contributed by atoms with Crippen molar-refractivity contribution in [2.75, 3.05) is 30.2 Å². The van der Waals surface area contributed by atoms with Crippen molar-refractivity contribution >= 4 is 27.5 Å². The number of anilines is 1. The van der Waals surface area contributed by atoms with E-state index in [0.29, 0.717) is 31.6 Å². The molecule has 0 aliphatic rings. The van der Waals surface area contributed by atoms with Crippen LogP contribution in [0.15, 0.2) is 54.6 Å². The van der Waals surface area contributed by atoms with Gasteiger partial charge in [-0.15, -0.1) is 0 Å². The first-order valence-electron chi connectivity index (χ1n) is 11.7. The van der Waals surface area contributed by atoms with Gasteiger partial charge in [0.1, 0.15) is 12.6 Å². The van der Waals surface area contributed by atoms with Gasteiger partial charge in [0.2, 0.25) is 21.8 Å². The number of aryl methyl sites for hydroxylation is 1. The quantitative estimate of drug-likeness (QED) is 0.497. The summed E-state index contributed by atoms with van der Waals surface area (Å²) in [5.74, 6) is -0.356. The molecule has 1 atom stereocenters. The minimum absolute atomic E-state index is 0.223. The largest absolute Gasteiger partial charge is 0.354 e. The monoisotopic (exact) mass is 487 g/mol. The van der Waals surface area contributed by atoms with Crippen LogP contribution in [0.25, 0.3) is 0 Å². The molecule has 2 aromatic carbocycles. The van der Waals surface area contributed by atoms with E-state index in [9.17, 15) is 18.0 Å². The first kappa shape index (κ1) is 27.4. The second-order valence-corrected chi connectivity index (χ2v) is 10.9. The Bertz CT molecular complexity index is 1050. The van der Waals surface area contributed by atoms with Crippen LogP contribution in [0.1, 0.15) is 38.3 Å². The summed E-state index contributed by atoms with van der Waals surface area (Å²) in [7, 11) is -3.72. The van der Waals surface area contributed by atoms with E-state index in [1.165, 1.54) is 4.90 Å². The van der Waals surface area contributed by atoms with Crippen LogP contribution in [-0.4, -0.2) is 57.1 Å². The third-order valence-corrected chi connectivity index (χ3v) is 6.66. The Kier molecular flexibility index (Phi) is 10.1. The molecule has 0 bridgehead atoms. The summed E-state index contributed by atoms with van der Waals surface area (Å²) < 4.78 is 26.3. The molecule has 0 saturated heterocycles. The molecule has 0 saturated carbocycles. The van der Waals surface area contributed by atoms with Crippen LogP contribution in [0.3, 0.4) is 0 Å². The number of nitrogens with one attached hydrogen (secondary N) is 1. The first-order chi connectivity index (χ1) is 16.0. The normalized spacial score (nSPS) is 12.3. The van der Waals surface area contributed by atoms with Gasteiger partial charge in [-0.05, 0) is 48.9 Å². The number of hydrogen-bond acceptors (Lipinski definition) is 4. The highest BCUT2D eigenvalue weighted by molar-refractivity contribution is 7.92. The average Bonchev–Trinajstić information content (AvgIpc) is 2.78. The SMILES string of the molecule is CCC(C(=O)NCC(C)C)N(CCc1ccccc1)C(=O)CN(c1cccc(C)c1)S(C)(=O)=O. The lowest BCUT2D eigenvalue weighted by Gasteiger charge is -2.33. The molecule has 0 aliphatic heterocycles. The minimum Gasteiger partial charge on any atom is -0.354 e. The zero-order valence-corrected chi connectivity index (χ0v) is 21.6. The number of amides is 2. The van der Waals surface area contributed by atoms with Gasteiger partial charge in [-0.2, -0.15) is 0 Å². The molecule has 2 aromatic rings. The summed E-state index contributed by atoms with van der Waals surface area (Å²) in [5.41, 5.74) is 2.35. The topological polar surface area (TPSA) is 86.8 Å². The highest BCUT2D eigenvalue weighted by atomic mass is 32.2. The van der Waals surface area contributed by atoms with E-state index in [4.69, 9.17) is 0 Å². The highest BCUT2D eigenvalue weighted by Crippen LogP contribution is 2.20. The van der Waals surface area contributed by atoms with Crippen molar-refractivity contribution in [3.63, 3.8) is 0 Å². The van der Waals surface area contributed by atoms with E-state index >= 15 is 0 Å². The third kappa shape index (κ3) is 8.17. The van der Waals surface area contributed by atoms with Gasteiger partial charge in [0.25, 0.3) is 0 Å². The van der Waals surface area contributed by atoms with Crippen molar-refractivity contribution < 1.29 is 18.0 Å². The molecule has 2 amide bonds. The van der Waals surface area contributed by atoms with Crippen molar-refractivity contribution in [2.24, 2.45) is 5.92 Å². The van der Waals surface area contributed by atoms with E-state index in [1.54, 1.807) is 18.2 Å². The van der Waals surface area contributed by atoms with Crippen LogP contribution in [0, 0.1) is 12.8 Å².